The number of unbranched alkanes of at least 4 members (excludes halogenated alkanes) is 3. The maximum atomic E-state index is 10.6. The lowest BCUT2D eigenvalue weighted by molar-refractivity contribution is -0.152. The molecule has 0 aliphatic rings. The van der Waals surface area contributed by atoms with E-state index in [4.69, 9.17) is 21.8 Å². The van der Waals surface area contributed by atoms with Gasteiger partial charge in [0, 0.05) is 0 Å². The molecule has 82 valence electrons. The van der Waals surface area contributed by atoms with E-state index in [1.165, 1.54) is 0 Å². The molecule has 0 heterocycles. The Bertz CT molecular complexity index is 201. The van der Waals surface area contributed by atoms with E-state index >= 15 is 0 Å². The van der Waals surface area contributed by atoms with Crippen molar-refractivity contribution in [3.63, 3.8) is 0 Å². The molecule has 0 aromatic carbocycles. The Morgan fingerprint density at radius 2 is 1.64 bits per heavy atom. The Balaban J connectivity index is 4.12. The minimum absolute atomic E-state index is 0.0285. The van der Waals surface area contributed by atoms with Gasteiger partial charge in [-0.3, -0.25) is 0 Å². The van der Waals surface area contributed by atoms with Gasteiger partial charge >= 0.3 is 11.9 Å². The predicted octanol–water partition coefficient (Wildman–Crippen LogP) is 2.10. The van der Waals surface area contributed by atoms with Crippen molar-refractivity contribution in [2.45, 2.75) is 43.9 Å². The van der Waals surface area contributed by atoms with Crippen molar-refractivity contribution in [1.29, 1.82) is 0 Å². The molecule has 0 atom stereocenters. The molecule has 0 unspecified atom stereocenters. The van der Waals surface area contributed by atoms with Crippen LogP contribution in [0.25, 0.3) is 0 Å². The van der Waals surface area contributed by atoms with Gasteiger partial charge < -0.3 is 10.2 Å². The highest BCUT2D eigenvalue weighted by Gasteiger charge is 2.43. The summed E-state index contributed by atoms with van der Waals surface area (Å²) in [5, 5.41) is 17.3. The number of halogens is 1. The van der Waals surface area contributed by atoms with Crippen LogP contribution in [0.15, 0.2) is 0 Å². The molecule has 0 bridgehead atoms. The Hall–Kier alpha value is -0.770. The molecule has 0 saturated heterocycles. The molecule has 0 radical (unpaired) electrons. The van der Waals surface area contributed by atoms with Gasteiger partial charge in [-0.05, 0) is 6.42 Å². The Morgan fingerprint density at radius 1 is 1.14 bits per heavy atom. The summed E-state index contributed by atoms with van der Waals surface area (Å²) in [4.78, 5) is 19.1. The summed E-state index contributed by atoms with van der Waals surface area (Å²) < 4.78 is 0. The second-order valence-corrected chi connectivity index (χ2v) is 3.87. The molecule has 0 fully saturated rings. The zero-order chi connectivity index (χ0) is 11.2. The summed E-state index contributed by atoms with van der Waals surface area (Å²) in [5.41, 5.74) is 0. The minimum atomic E-state index is -2.15. The normalized spacial score (nSPS) is 11.3. The van der Waals surface area contributed by atoms with Crippen LogP contribution in [0.5, 0.6) is 0 Å². The third-order valence-electron chi connectivity index (χ3n) is 2.05. The number of alkyl halides is 1. The van der Waals surface area contributed by atoms with E-state index < -0.39 is 16.8 Å². The molecule has 0 spiro atoms. The standard InChI is InChI=1S/C9H15ClO4/c1-2-3-4-5-6-9(10,7(11)12)8(13)14/h2-6H2,1H3,(H,11,12)(H,13,14). The van der Waals surface area contributed by atoms with Crippen molar-refractivity contribution in [1.82, 2.24) is 0 Å². The molecule has 0 amide bonds. The predicted molar refractivity (Wildman–Crippen MR) is 52.6 cm³/mol. The Morgan fingerprint density at radius 3 is 2.00 bits per heavy atom. The fourth-order valence-corrected chi connectivity index (χ4v) is 1.23. The van der Waals surface area contributed by atoms with Crippen LogP contribution in [0.2, 0.25) is 0 Å². The van der Waals surface area contributed by atoms with Crippen LogP contribution in [-0.4, -0.2) is 27.0 Å². The van der Waals surface area contributed by atoms with Gasteiger partial charge in [0.25, 0.3) is 0 Å². The maximum Gasteiger partial charge on any atom is 0.336 e. The molecule has 2 N–H and O–H groups in total. The number of rotatable bonds is 7. The topological polar surface area (TPSA) is 74.6 Å². The molecule has 0 aromatic heterocycles. The summed E-state index contributed by atoms with van der Waals surface area (Å²) in [6.07, 6.45) is 3.28. The smallest absolute Gasteiger partial charge is 0.336 e. The summed E-state index contributed by atoms with van der Waals surface area (Å²) in [7, 11) is 0. The number of carboxylic acids is 2. The number of hydrogen-bond donors (Lipinski definition) is 2. The van der Waals surface area contributed by atoms with Crippen LogP contribution >= 0.6 is 11.6 Å². The van der Waals surface area contributed by atoms with Crippen molar-refractivity contribution in [2.24, 2.45) is 0 Å². The first-order chi connectivity index (χ1) is 6.45. The molecule has 0 aliphatic carbocycles. The van der Waals surface area contributed by atoms with E-state index in [0.29, 0.717) is 6.42 Å². The van der Waals surface area contributed by atoms with E-state index in [0.717, 1.165) is 19.3 Å². The van der Waals surface area contributed by atoms with Gasteiger partial charge in [0.05, 0.1) is 0 Å². The molecule has 4 nitrogen and oxygen atoms in total. The highest BCUT2D eigenvalue weighted by molar-refractivity contribution is 6.44. The van der Waals surface area contributed by atoms with Crippen molar-refractivity contribution in [3.05, 3.63) is 0 Å². The fourth-order valence-electron chi connectivity index (χ4n) is 1.10. The lowest BCUT2D eigenvalue weighted by Gasteiger charge is -2.16. The van der Waals surface area contributed by atoms with Crippen molar-refractivity contribution in [2.75, 3.05) is 0 Å². The van der Waals surface area contributed by atoms with E-state index in [2.05, 4.69) is 0 Å². The second kappa shape index (κ2) is 5.86. The minimum Gasteiger partial charge on any atom is -0.479 e. The molecule has 0 aliphatic heterocycles. The summed E-state index contributed by atoms with van der Waals surface area (Å²) in [6.45, 7) is 2.02. The van der Waals surface area contributed by atoms with Gasteiger partial charge in [-0.25, -0.2) is 9.59 Å². The van der Waals surface area contributed by atoms with Gasteiger partial charge in [0.2, 0.25) is 4.87 Å². The third kappa shape index (κ3) is 3.54. The largest absolute Gasteiger partial charge is 0.479 e. The number of hydrogen-bond acceptors (Lipinski definition) is 2. The molecule has 0 rings (SSSR count). The fraction of sp³-hybridized carbons (Fsp3) is 0.778. The van der Waals surface area contributed by atoms with Gasteiger partial charge in [-0.2, -0.15) is 0 Å². The van der Waals surface area contributed by atoms with E-state index in [1.807, 2.05) is 6.92 Å². The zero-order valence-corrected chi connectivity index (χ0v) is 8.88. The number of carbonyl (C=O) groups is 2. The molecular formula is C9H15ClO4. The van der Waals surface area contributed by atoms with E-state index in [9.17, 15) is 9.59 Å². The molecule has 0 saturated carbocycles. The number of carboxylic acid groups (broad SMARTS) is 2. The average molecular weight is 223 g/mol. The third-order valence-corrected chi connectivity index (χ3v) is 2.57. The summed E-state index contributed by atoms with van der Waals surface area (Å²) >= 11 is 5.49. The molecular weight excluding hydrogens is 208 g/mol. The first-order valence-corrected chi connectivity index (χ1v) is 4.98. The lowest BCUT2D eigenvalue weighted by atomic mass is 10.0. The van der Waals surface area contributed by atoms with Crippen molar-refractivity contribution < 1.29 is 19.8 Å². The van der Waals surface area contributed by atoms with Crippen LogP contribution in [0, 0.1) is 0 Å². The molecule has 5 heteroatoms. The highest BCUT2D eigenvalue weighted by Crippen LogP contribution is 2.24. The van der Waals surface area contributed by atoms with Gasteiger partial charge in [-0.15, -0.1) is 0 Å². The van der Waals surface area contributed by atoms with E-state index in [1.54, 1.807) is 0 Å². The van der Waals surface area contributed by atoms with Crippen LogP contribution in [0.4, 0.5) is 0 Å². The average Bonchev–Trinajstić information content (AvgIpc) is 2.11. The maximum absolute atomic E-state index is 10.6. The van der Waals surface area contributed by atoms with Crippen LogP contribution < -0.4 is 0 Å². The lowest BCUT2D eigenvalue weighted by Crippen LogP contribution is -2.41. The van der Waals surface area contributed by atoms with Gasteiger partial charge in [0.15, 0.2) is 0 Å². The summed E-state index contributed by atoms with van der Waals surface area (Å²) in [6, 6.07) is 0. The molecule has 14 heavy (non-hydrogen) atoms. The quantitative estimate of drug-likeness (QED) is 0.393. The first kappa shape index (κ1) is 13.2. The van der Waals surface area contributed by atoms with Crippen LogP contribution in [0.3, 0.4) is 0 Å². The second-order valence-electron chi connectivity index (χ2n) is 3.22. The van der Waals surface area contributed by atoms with Crippen molar-refractivity contribution in [3.8, 4) is 0 Å². The van der Waals surface area contributed by atoms with Gasteiger partial charge in [0.1, 0.15) is 0 Å². The SMILES string of the molecule is CCCCCCC(Cl)(C(=O)O)C(=O)O. The number of aliphatic carboxylic acids is 2. The Kier molecular flexibility index (Phi) is 5.53. The van der Waals surface area contributed by atoms with Crippen LogP contribution in [0.1, 0.15) is 39.0 Å². The molecule has 0 aromatic rings. The summed E-state index contributed by atoms with van der Waals surface area (Å²) in [5.74, 6) is -2.97. The van der Waals surface area contributed by atoms with E-state index in [-0.39, 0.29) is 6.42 Å². The van der Waals surface area contributed by atoms with Gasteiger partial charge in [-0.1, -0.05) is 44.2 Å². The Labute approximate surface area is 87.9 Å². The first-order valence-electron chi connectivity index (χ1n) is 4.61. The zero-order valence-electron chi connectivity index (χ0n) is 8.12. The highest BCUT2D eigenvalue weighted by atomic mass is 35.5. The monoisotopic (exact) mass is 222 g/mol. The van der Waals surface area contributed by atoms with Crippen molar-refractivity contribution >= 4 is 23.5 Å². The van der Waals surface area contributed by atoms with Crippen LogP contribution in [-0.2, 0) is 9.59 Å².